The molecule has 2 fully saturated rings. The van der Waals surface area contributed by atoms with E-state index < -0.39 is 0 Å². The van der Waals surface area contributed by atoms with Crippen molar-refractivity contribution in [2.45, 2.75) is 31.8 Å². The molecule has 0 amide bonds. The van der Waals surface area contributed by atoms with Gasteiger partial charge in [0.25, 0.3) is 0 Å². The molecule has 0 aromatic heterocycles. The Hall–Kier alpha value is -0.790. The molecule has 1 aliphatic heterocycles. The van der Waals surface area contributed by atoms with Crippen molar-refractivity contribution < 1.29 is 9.53 Å². The molecule has 0 bridgehead atoms. The molecular weight excluding hydrogens is 140 g/mol. The summed E-state index contributed by atoms with van der Waals surface area (Å²) in [6.07, 6.45) is 3.23. The van der Waals surface area contributed by atoms with Crippen LogP contribution in [0.25, 0.3) is 0 Å². The smallest absolute Gasteiger partial charge is 0.334 e. The van der Waals surface area contributed by atoms with Crippen molar-refractivity contribution in [3.05, 3.63) is 12.2 Å². The Balaban J connectivity index is 2.35. The van der Waals surface area contributed by atoms with Gasteiger partial charge in [0.15, 0.2) is 0 Å². The van der Waals surface area contributed by atoms with Gasteiger partial charge in [-0.2, -0.15) is 0 Å². The van der Waals surface area contributed by atoms with E-state index in [0.29, 0.717) is 11.5 Å². The molecule has 0 aromatic carbocycles. The Morgan fingerprint density at radius 3 is 3.09 bits per heavy atom. The van der Waals surface area contributed by atoms with Crippen LogP contribution in [-0.4, -0.2) is 11.6 Å². The van der Waals surface area contributed by atoms with Crippen LogP contribution >= 0.6 is 0 Å². The molecule has 1 saturated carbocycles. The van der Waals surface area contributed by atoms with E-state index in [1.807, 2.05) is 6.92 Å². The predicted octanol–water partition coefficient (Wildman–Crippen LogP) is 1.66. The second-order valence-corrected chi connectivity index (χ2v) is 3.67. The zero-order valence-corrected chi connectivity index (χ0v) is 6.72. The minimum absolute atomic E-state index is 0.183. The van der Waals surface area contributed by atoms with Crippen LogP contribution in [-0.2, 0) is 9.53 Å². The molecule has 60 valence electrons. The molecule has 1 saturated heterocycles. The van der Waals surface area contributed by atoms with E-state index in [-0.39, 0.29) is 11.6 Å². The molecule has 11 heavy (non-hydrogen) atoms. The third-order valence-corrected chi connectivity index (χ3v) is 2.91. The Labute approximate surface area is 66.2 Å². The standard InChI is InChI=1S/C9H12O2/c1-6-7-4-3-5-9(7,2)11-8(6)10/h7H,1,3-5H2,2H3/t7-,9-/m1/s1. The summed E-state index contributed by atoms with van der Waals surface area (Å²) in [6.45, 7) is 5.76. The number of rotatable bonds is 0. The number of carbonyl (C=O) groups is 1. The van der Waals surface area contributed by atoms with Crippen LogP contribution in [0.1, 0.15) is 26.2 Å². The molecule has 2 aliphatic rings. The summed E-state index contributed by atoms with van der Waals surface area (Å²) in [4.78, 5) is 11.1. The molecule has 1 aliphatic carbocycles. The number of esters is 1. The number of hydrogen-bond donors (Lipinski definition) is 0. The van der Waals surface area contributed by atoms with Crippen LogP contribution in [0.4, 0.5) is 0 Å². The molecule has 0 spiro atoms. The highest BCUT2D eigenvalue weighted by Crippen LogP contribution is 2.47. The van der Waals surface area contributed by atoms with Crippen LogP contribution in [0.3, 0.4) is 0 Å². The number of carbonyl (C=O) groups excluding carboxylic acids is 1. The van der Waals surface area contributed by atoms with Gasteiger partial charge in [-0.05, 0) is 26.2 Å². The average Bonchev–Trinajstić information content (AvgIpc) is 2.36. The number of fused-ring (bicyclic) bond motifs is 1. The summed E-state index contributed by atoms with van der Waals surface area (Å²) >= 11 is 0. The largest absolute Gasteiger partial charge is 0.455 e. The topological polar surface area (TPSA) is 26.3 Å². The quantitative estimate of drug-likeness (QED) is 0.390. The van der Waals surface area contributed by atoms with Crippen LogP contribution in [0.15, 0.2) is 12.2 Å². The fourth-order valence-electron chi connectivity index (χ4n) is 2.22. The van der Waals surface area contributed by atoms with Crippen LogP contribution < -0.4 is 0 Å². The van der Waals surface area contributed by atoms with Gasteiger partial charge in [0, 0.05) is 11.5 Å². The average molecular weight is 152 g/mol. The third-order valence-electron chi connectivity index (χ3n) is 2.91. The summed E-state index contributed by atoms with van der Waals surface area (Å²) in [5, 5.41) is 0. The summed E-state index contributed by atoms with van der Waals surface area (Å²) in [6, 6.07) is 0. The van der Waals surface area contributed by atoms with Crippen molar-refractivity contribution in [2.24, 2.45) is 5.92 Å². The van der Waals surface area contributed by atoms with Gasteiger partial charge in [0.2, 0.25) is 0 Å². The first-order chi connectivity index (χ1) is 5.13. The van der Waals surface area contributed by atoms with Crippen molar-refractivity contribution in [1.29, 1.82) is 0 Å². The second kappa shape index (κ2) is 1.87. The molecule has 2 atom stereocenters. The van der Waals surface area contributed by atoms with Crippen LogP contribution in [0.2, 0.25) is 0 Å². The molecule has 2 heteroatoms. The normalized spacial score (nSPS) is 42.5. The number of ether oxygens (including phenoxy) is 1. The first-order valence-corrected chi connectivity index (χ1v) is 4.06. The fourth-order valence-corrected chi connectivity index (χ4v) is 2.22. The van der Waals surface area contributed by atoms with Gasteiger partial charge in [0.1, 0.15) is 5.60 Å². The molecular formula is C9H12O2. The Bertz CT molecular complexity index is 232. The minimum Gasteiger partial charge on any atom is -0.455 e. The predicted molar refractivity (Wildman–Crippen MR) is 41.0 cm³/mol. The lowest BCUT2D eigenvalue weighted by Gasteiger charge is -2.20. The van der Waals surface area contributed by atoms with E-state index in [2.05, 4.69) is 6.58 Å². The minimum atomic E-state index is -0.200. The van der Waals surface area contributed by atoms with Crippen molar-refractivity contribution in [3.8, 4) is 0 Å². The van der Waals surface area contributed by atoms with E-state index in [9.17, 15) is 4.79 Å². The molecule has 2 rings (SSSR count). The summed E-state index contributed by atoms with van der Waals surface area (Å²) in [5.41, 5.74) is 0.485. The van der Waals surface area contributed by atoms with Crippen molar-refractivity contribution in [1.82, 2.24) is 0 Å². The van der Waals surface area contributed by atoms with E-state index in [1.54, 1.807) is 0 Å². The molecule has 0 unspecified atom stereocenters. The van der Waals surface area contributed by atoms with Crippen LogP contribution in [0.5, 0.6) is 0 Å². The fraction of sp³-hybridized carbons (Fsp3) is 0.667. The molecule has 0 N–H and O–H groups in total. The lowest BCUT2D eigenvalue weighted by atomic mass is 9.90. The van der Waals surface area contributed by atoms with E-state index in [1.165, 1.54) is 0 Å². The van der Waals surface area contributed by atoms with E-state index in [4.69, 9.17) is 4.74 Å². The molecule has 2 nitrogen and oxygen atoms in total. The van der Waals surface area contributed by atoms with E-state index in [0.717, 1.165) is 19.3 Å². The van der Waals surface area contributed by atoms with Crippen LogP contribution in [0, 0.1) is 5.92 Å². The van der Waals surface area contributed by atoms with Gasteiger partial charge in [-0.3, -0.25) is 0 Å². The lowest BCUT2D eigenvalue weighted by molar-refractivity contribution is -0.145. The van der Waals surface area contributed by atoms with Gasteiger partial charge >= 0.3 is 5.97 Å². The Kier molecular flexibility index (Phi) is 1.17. The zero-order chi connectivity index (χ0) is 8.06. The molecule has 1 heterocycles. The summed E-state index contributed by atoms with van der Waals surface area (Å²) in [7, 11) is 0. The highest BCUT2D eigenvalue weighted by atomic mass is 16.6. The molecule has 0 aromatic rings. The highest BCUT2D eigenvalue weighted by Gasteiger charge is 2.50. The van der Waals surface area contributed by atoms with Crippen molar-refractivity contribution in [3.63, 3.8) is 0 Å². The summed E-state index contributed by atoms with van der Waals surface area (Å²) < 4.78 is 5.25. The maximum Gasteiger partial charge on any atom is 0.334 e. The Morgan fingerprint density at radius 2 is 2.45 bits per heavy atom. The maximum absolute atomic E-state index is 11.1. The highest BCUT2D eigenvalue weighted by molar-refractivity contribution is 5.91. The first-order valence-electron chi connectivity index (χ1n) is 4.06. The van der Waals surface area contributed by atoms with Crippen molar-refractivity contribution >= 4 is 5.97 Å². The van der Waals surface area contributed by atoms with Crippen molar-refractivity contribution in [2.75, 3.05) is 0 Å². The van der Waals surface area contributed by atoms with Gasteiger partial charge in [-0.1, -0.05) is 6.58 Å². The Morgan fingerprint density at radius 1 is 1.73 bits per heavy atom. The maximum atomic E-state index is 11.1. The SMILES string of the molecule is C=C1C(=O)O[C@]2(C)CCC[C@H]12. The van der Waals surface area contributed by atoms with Gasteiger partial charge in [0.05, 0.1) is 0 Å². The van der Waals surface area contributed by atoms with Gasteiger partial charge in [-0.15, -0.1) is 0 Å². The van der Waals surface area contributed by atoms with E-state index >= 15 is 0 Å². The molecule has 0 radical (unpaired) electrons. The monoisotopic (exact) mass is 152 g/mol. The zero-order valence-electron chi connectivity index (χ0n) is 6.72. The second-order valence-electron chi connectivity index (χ2n) is 3.67. The third kappa shape index (κ3) is 0.753. The first kappa shape index (κ1) is 6.89. The number of hydrogen-bond acceptors (Lipinski definition) is 2. The van der Waals surface area contributed by atoms with Gasteiger partial charge < -0.3 is 4.74 Å². The van der Waals surface area contributed by atoms with Gasteiger partial charge in [-0.25, -0.2) is 4.79 Å². The lowest BCUT2D eigenvalue weighted by Crippen LogP contribution is -2.25. The summed E-state index contributed by atoms with van der Waals surface area (Å²) in [5.74, 6) is 0.118.